The highest BCUT2D eigenvalue weighted by Crippen LogP contribution is 1.54. The van der Waals surface area contributed by atoms with Crippen molar-refractivity contribution in [2.45, 2.75) is 0 Å². The summed E-state index contributed by atoms with van der Waals surface area (Å²) < 4.78 is 0. The topological polar surface area (TPSA) is 61.2 Å². The summed E-state index contributed by atoms with van der Waals surface area (Å²) in [4.78, 5) is 9.69. The molecule has 0 aromatic heterocycles. The molecule has 3 heteroatoms. The van der Waals surface area contributed by atoms with E-state index in [1.165, 1.54) is 0 Å². The van der Waals surface area contributed by atoms with Crippen molar-refractivity contribution in [3.63, 3.8) is 0 Å². The van der Waals surface area contributed by atoms with Crippen molar-refractivity contribution in [1.29, 1.82) is 5.41 Å². The number of carbonyl (C=O) groups is 1. The lowest BCUT2D eigenvalue weighted by Gasteiger charge is -1.74. The van der Waals surface area contributed by atoms with Crippen LogP contribution in [0.25, 0.3) is 0 Å². The van der Waals surface area contributed by atoms with Gasteiger partial charge < -0.3 is 10.5 Å². The number of Topliss-reactive ketones (excluding diaryl/α,β-unsaturated/α-hetero) is 1. The van der Waals surface area contributed by atoms with E-state index in [0.717, 1.165) is 0 Å². The second-order valence-corrected chi connectivity index (χ2v) is 0.769. The quantitative estimate of drug-likeness (QED) is 0.433. The molecule has 0 aliphatic heterocycles. The zero-order valence-electron chi connectivity index (χ0n) is 3.14. The summed E-state index contributed by atoms with van der Waals surface area (Å²) in [5.74, 6) is -0.560. The Hall–Kier alpha value is -0.700. The van der Waals surface area contributed by atoms with Gasteiger partial charge in [0.1, 0.15) is 6.61 Å². The Bertz CT molecular complexity index is 69.2. The van der Waals surface area contributed by atoms with Gasteiger partial charge in [0, 0.05) is 0 Å². The van der Waals surface area contributed by atoms with Crippen molar-refractivity contribution in [1.82, 2.24) is 0 Å². The maximum atomic E-state index is 9.69. The molecular formula is C3H5NO2. The molecule has 2 N–H and O–H groups in total. The van der Waals surface area contributed by atoms with Crippen molar-refractivity contribution in [3.05, 3.63) is 0 Å². The second kappa shape index (κ2) is 2.53. The number of aliphatic hydroxyl groups is 1. The number of hydrogen-bond donors (Lipinski definition) is 2. The maximum absolute atomic E-state index is 9.69. The van der Waals surface area contributed by atoms with E-state index in [2.05, 4.69) is 0 Å². The van der Waals surface area contributed by atoms with Crippen LogP contribution in [-0.4, -0.2) is 23.7 Å². The van der Waals surface area contributed by atoms with Gasteiger partial charge in [-0.15, -0.1) is 0 Å². The molecule has 0 spiro atoms. The molecule has 0 aromatic rings. The molecule has 6 heavy (non-hydrogen) atoms. The first-order valence-corrected chi connectivity index (χ1v) is 1.45. The normalized spacial score (nSPS) is 7.50. The molecule has 0 saturated carbocycles. The molecule has 0 atom stereocenters. The molecule has 0 bridgehead atoms. The van der Waals surface area contributed by atoms with E-state index in [0.29, 0.717) is 6.21 Å². The fourth-order valence-corrected chi connectivity index (χ4v) is 0.0456. The largest absolute Gasteiger partial charge is 0.388 e. The van der Waals surface area contributed by atoms with Gasteiger partial charge >= 0.3 is 0 Å². The molecule has 0 amide bonds. The van der Waals surface area contributed by atoms with Crippen LogP contribution in [0, 0.1) is 5.41 Å². The molecule has 0 aliphatic carbocycles. The minimum absolute atomic E-state index is 0.552. The van der Waals surface area contributed by atoms with E-state index >= 15 is 0 Å². The Morgan fingerprint density at radius 2 is 2.50 bits per heavy atom. The molecule has 0 saturated heterocycles. The lowest BCUT2D eigenvalue weighted by molar-refractivity contribution is -0.115. The van der Waals surface area contributed by atoms with E-state index in [-0.39, 0.29) is 0 Å². The SMILES string of the molecule is N=CC(=O)CO. The first-order valence-electron chi connectivity index (χ1n) is 1.45. The van der Waals surface area contributed by atoms with Crippen molar-refractivity contribution >= 4 is 12.0 Å². The Labute approximate surface area is 35.1 Å². The molecule has 34 valence electrons. The van der Waals surface area contributed by atoms with Crippen LogP contribution < -0.4 is 0 Å². The zero-order valence-corrected chi connectivity index (χ0v) is 3.14. The van der Waals surface area contributed by atoms with Gasteiger partial charge in [0.15, 0.2) is 5.78 Å². The number of hydrogen-bond acceptors (Lipinski definition) is 3. The van der Waals surface area contributed by atoms with Gasteiger partial charge in [-0.3, -0.25) is 4.79 Å². The Morgan fingerprint density at radius 1 is 2.00 bits per heavy atom. The molecule has 0 aromatic carbocycles. The first-order chi connectivity index (χ1) is 2.81. The smallest absolute Gasteiger partial charge is 0.198 e. The lowest BCUT2D eigenvalue weighted by Crippen LogP contribution is -2.02. The summed E-state index contributed by atoms with van der Waals surface area (Å²) in [6, 6.07) is 0. The molecule has 0 unspecified atom stereocenters. The molecule has 0 rings (SSSR count). The average molecular weight is 87.1 g/mol. The monoisotopic (exact) mass is 87.0 g/mol. The third-order valence-corrected chi connectivity index (χ3v) is 0.317. The van der Waals surface area contributed by atoms with Crippen molar-refractivity contribution < 1.29 is 9.90 Å². The Balaban J connectivity index is 3.23. The Kier molecular flexibility index (Phi) is 2.24. The van der Waals surface area contributed by atoms with Gasteiger partial charge in [-0.2, -0.15) is 0 Å². The number of carbonyl (C=O) groups excluding carboxylic acids is 1. The zero-order chi connectivity index (χ0) is 4.99. The first kappa shape index (κ1) is 5.30. The van der Waals surface area contributed by atoms with Crippen molar-refractivity contribution in [2.75, 3.05) is 6.61 Å². The van der Waals surface area contributed by atoms with Gasteiger partial charge in [-0.05, 0) is 0 Å². The van der Waals surface area contributed by atoms with Crippen LogP contribution >= 0.6 is 0 Å². The highest BCUT2D eigenvalue weighted by molar-refractivity contribution is 6.26. The van der Waals surface area contributed by atoms with Crippen LogP contribution in [0.4, 0.5) is 0 Å². The van der Waals surface area contributed by atoms with Gasteiger partial charge in [0.2, 0.25) is 0 Å². The van der Waals surface area contributed by atoms with E-state index in [4.69, 9.17) is 10.5 Å². The van der Waals surface area contributed by atoms with Gasteiger partial charge in [0.25, 0.3) is 0 Å². The Morgan fingerprint density at radius 3 is 2.50 bits per heavy atom. The van der Waals surface area contributed by atoms with E-state index < -0.39 is 12.4 Å². The lowest BCUT2D eigenvalue weighted by atomic mass is 10.5. The highest BCUT2D eigenvalue weighted by Gasteiger charge is 1.85. The van der Waals surface area contributed by atoms with E-state index in [1.54, 1.807) is 0 Å². The van der Waals surface area contributed by atoms with E-state index in [1.807, 2.05) is 0 Å². The van der Waals surface area contributed by atoms with Crippen molar-refractivity contribution in [2.24, 2.45) is 0 Å². The number of rotatable bonds is 2. The van der Waals surface area contributed by atoms with Gasteiger partial charge in [0.05, 0.1) is 6.21 Å². The van der Waals surface area contributed by atoms with Crippen LogP contribution in [-0.2, 0) is 4.79 Å². The van der Waals surface area contributed by atoms with Crippen LogP contribution in [0.2, 0.25) is 0 Å². The summed E-state index contributed by atoms with van der Waals surface area (Å²) in [5, 5.41) is 14.0. The average Bonchev–Trinajstić information content (AvgIpc) is 1.65. The predicted molar refractivity (Wildman–Crippen MR) is 20.9 cm³/mol. The maximum Gasteiger partial charge on any atom is 0.198 e. The third kappa shape index (κ3) is 1.60. The fraction of sp³-hybridized carbons (Fsp3) is 0.333. The second-order valence-electron chi connectivity index (χ2n) is 0.769. The van der Waals surface area contributed by atoms with Gasteiger partial charge in [-0.25, -0.2) is 0 Å². The van der Waals surface area contributed by atoms with Crippen molar-refractivity contribution in [3.8, 4) is 0 Å². The molecular weight excluding hydrogens is 82.0 g/mol. The minimum Gasteiger partial charge on any atom is -0.388 e. The third-order valence-electron chi connectivity index (χ3n) is 0.317. The van der Waals surface area contributed by atoms with Crippen LogP contribution in [0.15, 0.2) is 0 Å². The summed E-state index contributed by atoms with van der Waals surface area (Å²) in [6.07, 6.45) is 0.583. The van der Waals surface area contributed by atoms with Crippen LogP contribution in [0.1, 0.15) is 0 Å². The summed E-state index contributed by atoms with van der Waals surface area (Å²) >= 11 is 0. The molecule has 3 nitrogen and oxygen atoms in total. The highest BCUT2D eigenvalue weighted by atomic mass is 16.3. The number of aliphatic hydroxyl groups excluding tert-OH is 1. The van der Waals surface area contributed by atoms with Crippen LogP contribution in [0.3, 0.4) is 0 Å². The summed E-state index contributed by atoms with van der Waals surface area (Å²) in [6.45, 7) is -0.552. The fourth-order valence-electron chi connectivity index (χ4n) is 0.0456. The predicted octanol–water partition coefficient (Wildman–Crippen LogP) is -0.803. The summed E-state index contributed by atoms with van der Waals surface area (Å²) in [5.41, 5.74) is 0. The molecule has 0 aliphatic rings. The van der Waals surface area contributed by atoms with E-state index in [9.17, 15) is 4.79 Å². The minimum atomic E-state index is -0.560. The molecule has 0 heterocycles. The molecule has 0 radical (unpaired) electrons. The van der Waals surface area contributed by atoms with Gasteiger partial charge in [-0.1, -0.05) is 0 Å². The van der Waals surface area contributed by atoms with Crippen LogP contribution in [0.5, 0.6) is 0 Å². The molecule has 0 fully saturated rings. The number of nitrogens with one attached hydrogen (secondary N) is 1. The standard InChI is InChI=1S/C3H5NO2/c4-1-3(6)2-5/h1,4-5H,2H2. The number of ketones is 1. The summed E-state index contributed by atoms with van der Waals surface area (Å²) in [7, 11) is 0.